The lowest BCUT2D eigenvalue weighted by Gasteiger charge is -2.07. The number of carbonyl (C=O) groups is 2. The van der Waals surface area contributed by atoms with E-state index in [-0.39, 0.29) is 16.6 Å². The minimum atomic E-state index is -0.995. The summed E-state index contributed by atoms with van der Waals surface area (Å²) in [5.41, 5.74) is 0.569. The van der Waals surface area contributed by atoms with Crippen molar-refractivity contribution in [2.24, 2.45) is 5.92 Å². The molecule has 1 N–H and O–H groups in total. The Labute approximate surface area is 151 Å². The van der Waals surface area contributed by atoms with Crippen LogP contribution in [-0.2, 0) is 4.74 Å². The van der Waals surface area contributed by atoms with Crippen molar-refractivity contribution in [1.29, 1.82) is 0 Å². The molecule has 0 fully saturated rings. The standard InChI is InChI=1S/C11H13ClO2.C7H5ClO2/c1-8(2)7-14-11(13)9-5-3-4-6-10(9)12;8-6-4-2-1-3-5(6)7(9)10/h3-6,8H,7H2,1-2H3;1-4H,(H,9,10). The van der Waals surface area contributed by atoms with Gasteiger partial charge in [0.2, 0.25) is 0 Å². The summed E-state index contributed by atoms with van der Waals surface area (Å²) in [5, 5.41) is 9.19. The third-order valence-corrected chi connectivity index (χ3v) is 3.40. The highest BCUT2D eigenvalue weighted by Crippen LogP contribution is 2.16. The molecule has 0 aromatic heterocycles. The molecule has 0 aliphatic carbocycles. The summed E-state index contributed by atoms with van der Waals surface area (Å²) in [7, 11) is 0. The number of aromatic carboxylic acids is 1. The van der Waals surface area contributed by atoms with Gasteiger partial charge in [-0.1, -0.05) is 61.3 Å². The maximum absolute atomic E-state index is 11.5. The lowest BCUT2D eigenvalue weighted by Crippen LogP contribution is -2.10. The van der Waals surface area contributed by atoms with E-state index < -0.39 is 5.97 Å². The van der Waals surface area contributed by atoms with Crippen LogP contribution < -0.4 is 0 Å². The van der Waals surface area contributed by atoms with Gasteiger partial charge in [0.15, 0.2) is 0 Å². The van der Waals surface area contributed by atoms with E-state index >= 15 is 0 Å². The lowest BCUT2D eigenvalue weighted by molar-refractivity contribution is 0.0459. The fourth-order valence-electron chi connectivity index (χ4n) is 1.58. The van der Waals surface area contributed by atoms with Gasteiger partial charge >= 0.3 is 11.9 Å². The molecule has 0 spiro atoms. The van der Waals surface area contributed by atoms with E-state index in [1.807, 2.05) is 13.8 Å². The van der Waals surface area contributed by atoms with E-state index in [1.165, 1.54) is 6.07 Å². The predicted molar refractivity (Wildman–Crippen MR) is 95.0 cm³/mol. The quantitative estimate of drug-likeness (QED) is 0.754. The van der Waals surface area contributed by atoms with Crippen molar-refractivity contribution in [3.63, 3.8) is 0 Å². The van der Waals surface area contributed by atoms with Crippen LogP contribution in [-0.4, -0.2) is 23.7 Å². The maximum Gasteiger partial charge on any atom is 0.339 e. The van der Waals surface area contributed by atoms with Crippen LogP contribution >= 0.6 is 23.2 Å². The Hall–Kier alpha value is -2.04. The van der Waals surface area contributed by atoms with Crippen LogP contribution in [0.1, 0.15) is 34.6 Å². The molecule has 0 aliphatic rings. The highest BCUT2D eigenvalue weighted by Gasteiger charge is 2.11. The van der Waals surface area contributed by atoms with E-state index in [9.17, 15) is 9.59 Å². The predicted octanol–water partition coefficient (Wildman–Crippen LogP) is 5.19. The summed E-state index contributed by atoms with van der Waals surface area (Å²) in [4.78, 5) is 21.8. The first-order valence-electron chi connectivity index (χ1n) is 7.22. The third-order valence-electron chi connectivity index (χ3n) is 2.75. The number of ether oxygens (including phenoxy) is 1. The lowest BCUT2D eigenvalue weighted by atomic mass is 10.2. The minimum absolute atomic E-state index is 0.143. The van der Waals surface area contributed by atoms with Gasteiger partial charge in [0.05, 0.1) is 27.8 Å². The van der Waals surface area contributed by atoms with Gasteiger partial charge < -0.3 is 9.84 Å². The molecule has 0 amide bonds. The second kappa shape index (κ2) is 9.96. The van der Waals surface area contributed by atoms with E-state index in [0.717, 1.165) is 0 Å². The number of carboxylic acid groups (broad SMARTS) is 1. The molecular formula is C18H18Cl2O4. The first-order valence-corrected chi connectivity index (χ1v) is 7.98. The number of halogens is 2. The molecule has 0 saturated carbocycles. The Kier molecular flexibility index (Phi) is 8.30. The summed E-state index contributed by atoms with van der Waals surface area (Å²) in [6.07, 6.45) is 0. The van der Waals surface area contributed by atoms with Crippen molar-refractivity contribution in [3.8, 4) is 0 Å². The van der Waals surface area contributed by atoms with Crippen LogP contribution in [0.15, 0.2) is 48.5 Å². The van der Waals surface area contributed by atoms with Gasteiger partial charge in [-0.15, -0.1) is 0 Å². The molecule has 0 unspecified atom stereocenters. The average Bonchev–Trinajstić information content (AvgIpc) is 2.54. The number of rotatable bonds is 4. The van der Waals surface area contributed by atoms with Crippen LogP contribution in [0.3, 0.4) is 0 Å². The van der Waals surface area contributed by atoms with Gasteiger partial charge in [-0.3, -0.25) is 0 Å². The molecule has 0 saturated heterocycles. The number of hydrogen-bond acceptors (Lipinski definition) is 3. The molecule has 2 aromatic carbocycles. The van der Waals surface area contributed by atoms with Crippen LogP contribution in [0.5, 0.6) is 0 Å². The molecule has 0 atom stereocenters. The summed E-state index contributed by atoms with van der Waals surface area (Å²) >= 11 is 11.4. The van der Waals surface area contributed by atoms with Gasteiger partial charge in [-0.25, -0.2) is 9.59 Å². The van der Waals surface area contributed by atoms with Gasteiger partial charge in [-0.05, 0) is 30.2 Å². The van der Waals surface area contributed by atoms with Crippen molar-refractivity contribution in [3.05, 3.63) is 69.7 Å². The number of benzene rings is 2. The Morgan fingerprint density at radius 3 is 1.79 bits per heavy atom. The third kappa shape index (κ3) is 6.60. The largest absolute Gasteiger partial charge is 0.478 e. The second-order valence-corrected chi connectivity index (χ2v) is 6.07. The maximum atomic E-state index is 11.5. The number of esters is 1. The van der Waals surface area contributed by atoms with Crippen molar-refractivity contribution < 1.29 is 19.4 Å². The zero-order valence-corrected chi connectivity index (χ0v) is 14.8. The van der Waals surface area contributed by atoms with E-state index in [2.05, 4.69) is 0 Å². The van der Waals surface area contributed by atoms with Gasteiger partial charge in [0.1, 0.15) is 0 Å². The summed E-state index contributed by atoms with van der Waals surface area (Å²) in [5.74, 6) is -1.02. The molecular weight excluding hydrogens is 351 g/mol. The van der Waals surface area contributed by atoms with Crippen molar-refractivity contribution in [2.45, 2.75) is 13.8 Å². The zero-order chi connectivity index (χ0) is 18.1. The molecule has 128 valence electrons. The van der Waals surface area contributed by atoms with Gasteiger partial charge in [0.25, 0.3) is 0 Å². The molecule has 0 heterocycles. The van der Waals surface area contributed by atoms with Gasteiger partial charge in [0, 0.05) is 0 Å². The fourth-order valence-corrected chi connectivity index (χ4v) is 2.01. The molecule has 2 aromatic rings. The summed E-state index contributed by atoms with van der Waals surface area (Å²) < 4.78 is 5.05. The summed E-state index contributed by atoms with van der Waals surface area (Å²) in [6.45, 7) is 4.39. The molecule has 4 nitrogen and oxygen atoms in total. The molecule has 2 rings (SSSR count). The van der Waals surface area contributed by atoms with Crippen LogP contribution in [0.4, 0.5) is 0 Å². The van der Waals surface area contributed by atoms with Crippen molar-refractivity contribution in [1.82, 2.24) is 0 Å². The topological polar surface area (TPSA) is 63.6 Å². The molecule has 0 aliphatic heterocycles. The molecule has 0 bridgehead atoms. The first kappa shape index (κ1) is 20.0. The smallest absolute Gasteiger partial charge is 0.339 e. The second-order valence-electron chi connectivity index (χ2n) is 5.26. The monoisotopic (exact) mass is 368 g/mol. The van der Waals surface area contributed by atoms with Crippen molar-refractivity contribution in [2.75, 3.05) is 6.61 Å². The zero-order valence-electron chi connectivity index (χ0n) is 13.3. The van der Waals surface area contributed by atoms with Crippen molar-refractivity contribution >= 4 is 35.1 Å². The molecule has 0 radical (unpaired) electrons. The van der Waals surface area contributed by atoms with Gasteiger partial charge in [-0.2, -0.15) is 0 Å². The highest BCUT2D eigenvalue weighted by atomic mass is 35.5. The molecule has 6 heteroatoms. The average molecular weight is 369 g/mol. The van der Waals surface area contributed by atoms with Crippen LogP contribution in [0.25, 0.3) is 0 Å². The first-order chi connectivity index (χ1) is 11.3. The van der Waals surface area contributed by atoms with E-state index in [0.29, 0.717) is 23.1 Å². The Bertz CT molecular complexity index is 699. The Morgan fingerprint density at radius 2 is 1.42 bits per heavy atom. The van der Waals surface area contributed by atoms with E-state index in [1.54, 1.807) is 42.5 Å². The van der Waals surface area contributed by atoms with E-state index in [4.69, 9.17) is 33.0 Å². The Morgan fingerprint density at radius 1 is 0.958 bits per heavy atom. The summed E-state index contributed by atoms with van der Waals surface area (Å²) in [6, 6.07) is 13.2. The van der Waals surface area contributed by atoms with Crippen LogP contribution in [0, 0.1) is 5.92 Å². The number of carbonyl (C=O) groups excluding carboxylic acids is 1. The van der Waals surface area contributed by atoms with Crippen LogP contribution in [0.2, 0.25) is 10.0 Å². The highest BCUT2D eigenvalue weighted by molar-refractivity contribution is 6.33. The SMILES string of the molecule is CC(C)COC(=O)c1ccccc1Cl.O=C(O)c1ccccc1Cl. The fraction of sp³-hybridized carbons (Fsp3) is 0.222. The molecule has 24 heavy (non-hydrogen) atoms. The number of carboxylic acids is 1. The Balaban J connectivity index is 0.000000254. The number of hydrogen-bond donors (Lipinski definition) is 1. The minimum Gasteiger partial charge on any atom is -0.478 e. The normalized spacial score (nSPS) is 9.88.